The van der Waals surface area contributed by atoms with Gasteiger partial charge in [0.05, 0.1) is 22.3 Å². The first-order valence-corrected chi connectivity index (χ1v) is 7.60. The molecular formula is C18H11F3O8. The van der Waals surface area contributed by atoms with Gasteiger partial charge in [0.15, 0.2) is 0 Å². The Morgan fingerprint density at radius 1 is 0.655 bits per heavy atom. The summed E-state index contributed by atoms with van der Waals surface area (Å²) in [5.74, 6) is -6.99. The van der Waals surface area contributed by atoms with Crippen molar-refractivity contribution in [3.8, 4) is 0 Å². The van der Waals surface area contributed by atoms with Gasteiger partial charge in [-0.05, 0) is 24.3 Å². The van der Waals surface area contributed by atoms with Gasteiger partial charge in [0.1, 0.15) is 0 Å². The first kappa shape index (κ1) is 21.4. The number of aromatic carboxylic acids is 4. The predicted octanol–water partition coefficient (Wildman–Crippen LogP) is 2.96. The number of benzene rings is 2. The van der Waals surface area contributed by atoms with Crippen LogP contribution in [0.3, 0.4) is 0 Å². The topological polar surface area (TPSA) is 149 Å². The van der Waals surface area contributed by atoms with Gasteiger partial charge in [-0.3, -0.25) is 0 Å². The zero-order valence-electron chi connectivity index (χ0n) is 14.1. The van der Waals surface area contributed by atoms with Crippen molar-refractivity contribution in [2.75, 3.05) is 0 Å². The lowest BCUT2D eigenvalue weighted by molar-refractivity contribution is -0.0103. The molecule has 0 amide bonds. The van der Waals surface area contributed by atoms with E-state index in [0.717, 1.165) is 0 Å². The highest BCUT2D eigenvalue weighted by molar-refractivity contribution is 6.02. The van der Waals surface area contributed by atoms with Gasteiger partial charge in [0, 0.05) is 11.1 Å². The second-order valence-corrected chi connectivity index (χ2v) is 5.75. The summed E-state index contributed by atoms with van der Waals surface area (Å²) in [4.78, 5) is 44.7. The number of rotatable bonds is 7. The van der Waals surface area contributed by atoms with E-state index in [4.69, 9.17) is 20.4 Å². The number of carbonyl (C=O) groups is 4. The summed E-state index contributed by atoms with van der Waals surface area (Å²) in [5.41, 5.74) is -9.11. The summed E-state index contributed by atoms with van der Waals surface area (Å²) in [6.07, 6.45) is -3.84. The zero-order chi connectivity index (χ0) is 22.1. The molecule has 0 saturated carbocycles. The number of carboxylic acid groups (broad SMARTS) is 4. The number of carboxylic acids is 4. The van der Waals surface area contributed by atoms with Gasteiger partial charge in [-0.2, -0.15) is 0 Å². The van der Waals surface area contributed by atoms with Crippen LogP contribution in [0.4, 0.5) is 13.2 Å². The van der Waals surface area contributed by atoms with Crippen LogP contribution >= 0.6 is 0 Å². The van der Waals surface area contributed by atoms with Crippen LogP contribution in [0.1, 0.15) is 52.6 Å². The quantitative estimate of drug-likeness (QED) is 0.542. The lowest BCUT2D eigenvalue weighted by Gasteiger charge is -2.26. The molecule has 0 radical (unpaired) electrons. The van der Waals surface area contributed by atoms with Crippen LogP contribution in [0.15, 0.2) is 36.4 Å². The fraction of sp³-hybridized carbons (Fsp3) is 0.111. The zero-order valence-corrected chi connectivity index (χ0v) is 14.1. The second-order valence-electron chi connectivity index (χ2n) is 5.75. The SMILES string of the molecule is O=C(O)c1ccc(C(F)(c2ccc(C(=O)O)c(C(=O)O)c2)C(F)F)cc1C(=O)O. The molecule has 11 heteroatoms. The maximum atomic E-state index is 15.5. The monoisotopic (exact) mass is 412 g/mol. The Hall–Kier alpha value is -3.89. The molecule has 0 spiro atoms. The van der Waals surface area contributed by atoms with Crippen LogP contribution in [0, 0.1) is 0 Å². The maximum absolute atomic E-state index is 15.5. The average Bonchev–Trinajstić information content (AvgIpc) is 2.65. The van der Waals surface area contributed by atoms with E-state index in [9.17, 15) is 28.0 Å². The highest BCUT2D eigenvalue weighted by Crippen LogP contribution is 2.41. The molecule has 4 N–H and O–H groups in total. The summed E-state index contributed by atoms with van der Waals surface area (Å²) >= 11 is 0. The van der Waals surface area contributed by atoms with Gasteiger partial charge < -0.3 is 20.4 Å². The van der Waals surface area contributed by atoms with Crippen molar-refractivity contribution in [3.63, 3.8) is 0 Å². The first-order valence-electron chi connectivity index (χ1n) is 7.60. The molecule has 0 heterocycles. The third-order valence-electron chi connectivity index (χ3n) is 4.10. The number of alkyl halides is 3. The summed E-state index contributed by atoms with van der Waals surface area (Å²) in [6.45, 7) is 0. The molecule has 0 aromatic heterocycles. The fourth-order valence-electron chi connectivity index (χ4n) is 2.69. The molecule has 0 bridgehead atoms. The van der Waals surface area contributed by atoms with Crippen LogP contribution in [0.2, 0.25) is 0 Å². The maximum Gasteiger partial charge on any atom is 0.336 e. The molecule has 152 valence electrons. The lowest BCUT2D eigenvalue weighted by Crippen LogP contribution is -2.32. The first-order chi connectivity index (χ1) is 13.4. The molecule has 2 aromatic carbocycles. The third kappa shape index (κ3) is 3.74. The Bertz CT molecular complexity index is 956. The largest absolute Gasteiger partial charge is 0.478 e. The highest BCUT2D eigenvalue weighted by atomic mass is 19.3. The predicted molar refractivity (Wildman–Crippen MR) is 88.6 cm³/mol. The van der Waals surface area contributed by atoms with E-state index >= 15 is 4.39 Å². The Morgan fingerprint density at radius 2 is 0.966 bits per heavy atom. The number of hydrogen-bond donors (Lipinski definition) is 4. The Morgan fingerprint density at radius 3 is 1.21 bits per heavy atom. The Labute approximate surface area is 159 Å². The van der Waals surface area contributed by atoms with E-state index < -0.39 is 69.4 Å². The van der Waals surface area contributed by atoms with Crippen molar-refractivity contribution in [3.05, 3.63) is 69.8 Å². The molecule has 0 unspecified atom stereocenters. The number of hydrogen-bond acceptors (Lipinski definition) is 4. The second kappa shape index (κ2) is 7.62. The fourth-order valence-corrected chi connectivity index (χ4v) is 2.69. The van der Waals surface area contributed by atoms with E-state index in [2.05, 4.69) is 0 Å². The number of halogens is 3. The van der Waals surface area contributed by atoms with Gasteiger partial charge in [-0.15, -0.1) is 0 Å². The third-order valence-corrected chi connectivity index (χ3v) is 4.10. The Kier molecular flexibility index (Phi) is 5.63. The van der Waals surface area contributed by atoms with Gasteiger partial charge >= 0.3 is 23.9 Å². The van der Waals surface area contributed by atoms with Crippen molar-refractivity contribution in [1.29, 1.82) is 0 Å². The molecular weight excluding hydrogens is 401 g/mol. The summed E-state index contributed by atoms with van der Waals surface area (Å²) in [6, 6.07) is 3.33. The molecule has 0 aliphatic heterocycles. The molecule has 2 rings (SSSR count). The molecule has 0 aliphatic carbocycles. The minimum absolute atomic E-state index is 0.406. The smallest absolute Gasteiger partial charge is 0.336 e. The molecule has 29 heavy (non-hydrogen) atoms. The lowest BCUT2D eigenvalue weighted by atomic mass is 9.85. The van der Waals surface area contributed by atoms with Crippen LogP contribution in [-0.4, -0.2) is 50.7 Å². The van der Waals surface area contributed by atoms with Gasteiger partial charge in [-0.1, -0.05) is 12.1 Å². The summed E-state index contributed by atoms with van der Waals surface area (Å²) in [7, 11) is 0. The van der Waals surface area contributed by atoms with E-state index in [0.29, 0.717) is 36.4 Å². The van der Waals surface area contributed by atoms with E-state index in [1.807, 2.05) is 0 Å². The molecule has 0 fully saturated rings. The van der Waals surface area contributed by atoms with Crippen LogP contribution in [-0.2, 0) is 5.67 Å². The molecule has 0 saturated heterocycles. The van der Waals surface area contributed by atoms with Gasteiger partial charge in [0.25, 0.3) is 6.43 Å². The molecule has 0 atom stereocenters. The normalized spacial score (nSPS) is 11.3. The average molecular weight is 412 g/mol. The van der Waals surface area contributed by atoms with Crippen molar-refractivity contribution >= 4 is 23.9 Å². The van der Waals surface area contributed by atoms with Crippen molar-refractivity contribution in [2.45, 2.75) is 12.1 Å². The van der Waals surface area contributed by atoms with Gasteiger partial charge in [0.2, 0.25) is 5.67 Å². The van der Waals surface area contributed by atoms with Crippen LogP contribution in [0.25, 0.3) is 0 Å². The van der Waals surface area contributed by atoms with Crippen molar-refractivity contribution < 1.29 is 52.8 Å². The summed E-state index contributed by atoms with van der Waals surface area (Å²) < 4.78 is 43.0. The van der Waals surface area contributed by atoms with Crippen LogP contribution < -0.4 is 0 Å². The van der Waals surface area contributed by atoms with Crippen molar-refractivity contribution in [1.82, 2.24) is 0 Å². The van der Waals surface area contributed by atoms with Crippen molar-refractivity contribution in [2.24, 2.45) is 0 Å². The van der Waals surface area contributed by atoms with Crippen LogP contribution in [0.5, 0.6) is 0 Å². The molecule has 8 nitrogen and oxygen atoms in total. The molecule has 0 aliphatic rings. The minimum atomic E-state index is -3.84. The standard InChI is InChI=1S/C18H11F3O8/c19-17(20)18(21,7-1-3-9(13(22)23)11(5-7)15(26)27)8-2-4-10(14(24)25)12(6-8)16(28)29/h1-6,17H,(H,22,23)(H,24,25)(H,26,27)(H,28,29). The summed E-state index contributed by atoms with van der Waals surface area (Å²) in [5, 5.41) is 36.2. The van der Waals surface area contributed by atoms with E-state index in [1.54, 1.807) is 0 Å². The molecule has 2 aromatic rings. The minimum Gasteiger partial charge on any atom is -0.478 e. The van der Waals surface area contributed by atoms with Gasteiger partial charge in [-0.25, -0.2) is 32.3 Å². The highest BCUT2D eigenvalue weighted by Gasteiger charge is 2.45. The van der Waals surface area contributed by atoms with E-state index in [1.165, 1.54) is 0 Å². The van der Waals surface area contributed by atoms with E-state index in [-0.39, 0.29) is 0 Å². The Balaban J connectivity index is 2.79.